The molecule has 2 aromatic rings. The fourth-order valence-corrected chi connectivity index (χ4v) is 3.39. The minimum absolute atomic E-state index is 0.290. The van der Waals surface area contributed by atoms with Gasteiger partial charge in [-0.25, -0.2) is 4.39 Å². The second-order valence-corrected chi connectivity index (χ2v) is 6.48. The maximum atomic E-state index is 14.1. The first-order valence-electron chi connectivity index (χ1n) is 6.59. The van der Waals surface area contributed by atoms with Gasteiger partial charge in [-0.2, -0.15) is 5.10 Å². The number of rotatable bonds is 5. The second-order valence-electron chi connectivity index (χ2n) is 4.77. The van der Waals surface area contributed by atoms with Gasteiger partial charge in [-0.1, -0.05) is 28.9 Å². The normalized spacial score (nSPS) is 12.7. The maximum Gasteiger partial charge on any atom is 0.129 e. The SMILES string of the molecule is CCc1nn(C)c(CC(NN)c2ccc(Br)cc2F)c1Br. The molecule has 0 amide bonds. The zero-order valence-electron chi connectivity index (χ0n) is 11.8. The van der Waals surface area contributed by atoms with Gasteiger partial charge < -0.3 is 0 Å². The highest BCUT2D eigenvalue weighted by Crippen LogP contribution is 2.28. The molecule has 1 aromatic heterocycles. The summed E-state index contributed by atoms with van der Waals surface area (Å²) in [5.74, 6) is 5.34. The summed E-state index contributed by atoms with van der Waals surface area (Å²) in [6.07, 6.45) is 1.38. The van der Waals surface area contributed by atoms with Crippen molar-refractivity contribution < 1.29 is 4.39 Å². The first-order chi connectivity index (χ1) is 9.97. The zero-order chi connectivity index (χ0) is 15.6. The van der Waals surface area contributed by atoms with Crippen LogP contribution in [0.25, 0.3) is 0 Å². The summed E-state index contributed by atoms with van der Waals surface area (Å²) in [5, 5.41) is 4.45. The van der Waals surface area contributed by atoms with Crippen LogP contribution < -0.4 is 11.3 Å². The van der Waals surface area contributed by atoms with E-state index in [1.165, 1.54) is 6.07 Å². The van der Waals surface area contributed by atoms with Crippen LogP contribution in [-0.4, -0.2) is 9.78 Å². The van der Waals surface area contributed by atoms with Crippen LogP contribution in [0.2, 0.25) is 0 Å². The van der Waals surface area contributed by atoms with Gasteiger partial charge in [0.25, 0.3) is 0 Å². The van der Waals surface area contributed by atoms with Crippen LogP contribution in [0.4, 0.5) is 4.39 Å². The first kappa shape index (κ1) is 16.6. The summed E-state index contributed by atoms with van der Waals surface area (Å²) in [4.78, 5) is 0. The molecule has 0 bridgehead atoms. The van der Waals surface area contributed by atoms with Crippen molar-refractivity contribution in [2.24, 2.45) is 12.9 Å². The lowest BCUT2D eigenvalue weighted by atomic mass is 10.0. The smallest absolute Gasteiger partial charge is 0.129 e. The van der Waals surface area contributed by atoms with E-state index in [0.717, 1.165) is 22.3 Å². The lowest BCUT2D eigenvalue weighted by molar-refractivity contribution is 0.496. The van der Waals surface area contributed by atoms with E-state index in [0.29, 0.717) is 16.5 Å². The average Bonchev–Trinajstić information content (AvgIpc) is 2.72. The molecule has 1 heterocycles. The van der Waals surface area contributed by atoms with Crippen molar-refractivity contribution >= 4 is 31.9 Å². The van der Waals surface area contributed by atoms with Gasteiger partial charge in [0, 0.05) is 23.5 Å². The number of halogens is 3. The third kappa shape index (κ3) is 3.53. The predicted molar refractivity (Wildman–Crippen MR) is 88.2 cm³/mol. The molecule has 4 nitrogen and oxygen atoms in total. The third-order valence-corrected chi connectivity index (χ3v) is 4.85. The Balaban J connectivity index is 2.33. The topological polar surface area (TPSA) is 55.9 Å². The Hall–Kier alpha value is -0.760. The van der Waals surface area contributed by atoms with E-state index in [4.69, 9.17) is 5.84 Å². The Morgan fingerprint density at radius 1 is 1.43 bits per heavy atom. The number of aromatic nitrogens is 2. The minimum atomic E-state index is -0.325. The molecular weight excluding hydrogens is 403 g/mol. The number of benzene rings is 1. The number of nitrogens with two attached hydrogens (primary N) is 1. The molecule has 0 radical (unpaired) electrons. The van der Waals surface area contributed by atoms with Crippen molar-refractivity contribution in [1.29, 1.82) is 0 Å². The maximum absolute atomic E-state index is 14.1. The van der Waals surface area contributed by atoms with E-state index in [9.17, 15) is 4.39 Å². The Labute approximate surface area is 140 Å². The molecule has 0 fully saturated rings. The molecule has 1 atom stereocenters. The molecule has 21 heavy (non-hydrogen) atoms. The first-order valence-corrected chi connectivity index (χ1v) is 8.17. The summed E-state index contributed by atoms with van der Waals surface area (Å²) in [6.45, 7) is 2.05. The molecule has 3 N–H and O–H groups in total. The van der Waals surface area contributed by atoms with Crippen molar-refractivity contribution in [1.82, 2.24) is 15.2 Å². The number of aryl methyl sites for hydroxylation is 2. The third-order valence-electron chi connectivity index (χ3n) is 3.44. The molecule has 0 aliphatic carbocycles. The van der Waals surface area contributed by atoms with Crippen molar-refractivity contribution in [3.05, 3.63) is 49.9 Å². The summed E-state index contributed by atoms with van der Waals surface area (Å²) in [7, 11) is 1.88. The predicted octanol–water partition coefficient (Wildman–Crippen LogP) is 3.39. The average molecular weight is 420 g/mol. The van der Waals surface area contributed by atoms with Crippen LogP contribution in [0.3, 0.4) is 0 Å². The molecule has 0 saturated heterocycles. The molecule has 2 rings (SSSR count). The van der Waals surface area contributed by atoms with Crippen LogP contribution in [0, 0.1) is 5.82 Å². The monoisotopic (exact) mass is 418 g/mol. The van der Waals surface area contributed by atoms with Crippen LogP contribution in [-0.2, 0) is 19.9 Å². The summed E-state index contributed by atoms with van der Waals surface area (Å²) in [5.41, 5.74) is 5.19. The molecule has 1 aromatic carbocycles. The van der Waals surface area contributed by atoms with Gasteiger partial charge in [0.2, 0.25) is 0 Å². The van der Waals surface area contributed by atoms with Crippen LogP contribution >= 0.6 is 31.9 Å². The highest BCUT2D eigenvalue weighted by Gasteiger charge is 2.20. The summed E-state index contributed by atoms with van der Waals surface area (Å²) in [6, 6.07) is 4.65. The van der Waals surface area contributed by atoms with Gasteiger partial charge in [0.05, 0.1) is 21.9 Å². The lowest BCUT2D eigenvalue weighted by Gasteiger charge is -2.17. The number of hydrogen-bond acceptors (Lipinski definition) is 3. The molecule has 0 saturated carbocycles. The number of nitrogens with zero attached hydrogens (tertiary/aromatic N) is 2. The van der Waals surface area contributed by atoms with E-state index in [2.05, 4.69) is 42.4 Å². The Bertz CT molecular complexity index is 642. The molecule has 7 heteroatoms. The molecule has 0 spiro atoms. The minimum Gasteiger partial charge on any atom is -0.271 e. The van der Waals surface area contributed by atoms with Gasteiger partial charge in [-0.3, -0.25) is 16.0 Å². The lowest BCUT2D eigenvalue weighted by Crippen LogP contribution is -2.31. The quantitative estimate of drug-likeness (QED) is 0.576. The fourth-order valence-electron chi connectivity index (χ4n) is 2.28. The highest BCUT2D eigenvalue weighted by atomic mass is 79.9. The van der Waals surface area contributed by atoms with Gasteiger partial charge in [0.15, 0.2) is 0 Å². The van der Waals surface area contributed by atoms with E-state index >= 15 is 0 Å². The van der Waals surface area contributed by atoms with Gasteiger partial charge >= 0.3 is 0 Å². The van der Waals surface area contributed by atoms with E-state index in [1.54, 1.807) is 12.1 Å². The highest BCUT2D eigenvalue weighted by molar-refractivity contribution is 9.10. The standard InChI is InChI=1S/C14H17Br2FN4/c1-3-11-14(16)13(21(2)20-11)7-12(19-18)9-5-4-8(15)6-10(9)17/h4-6,12,19H,3,7,18H2,1-2H3. The van der Waals surface area contributed by atoms with Crippen LogP contribution in [0.1, 0.15) is 29.9 Å². The van der Waals surface area contributed by atoms with Crippen molar-refractivity contribution in [2.45, 2.75) is 25.8 Å². The molecule has 0 aliphatic heterocycles. The van der Waals surface area contributed by atoms with E-state index in [-0.39, 0.29) is 11.9 Å². The molecule has 114 valence electrons. The van der Waals surface area contributed by atoms with Crippen LogP contribution in [0.5, 0.6) is 0 Å². The Morgan fingerprint density at radius 3 is 2.67 bits per heavy atom. The van der Waals surface area contributed by atoms with Crippen molar-refractivity contribution in [3.63, 3.8) is 0 Å². The number of nitrogens with one attached hydrogen (secondary N) is 1. The summed E-state index contributed by atoms with van der Waals surface area (Å²) >= 11 is 6.83. The summed E-state index contributed by atoms with van der Waals surface area (Å²) < 4.78 is 17.6. The molecule has 0 aliphatic rings. The zero-order valence-corrected chi connectivity index (χ0v) is 15.0. The fraction of sp³-hybridized carbons (Fsp3) is 0.357. The molecular formula is C14H17Br2FN4. The number of hydrogen-bond donors (Lipinski definition) is 2. The molecule has 1 unspecified atom stereocenters. The second kappa shape index (κ2) is 7.00. The van der Waals surface area contributed by atoms with E-state index < -0.39 is 0 Å². The van der Waals surface area contributed by atoms with Gasteiger partial charge in [-0.15, -0.1) is 0 Å². The van der Waals surface area contributed by atoms with Crippen molar-refractivity contribution in [2.75, 3.05) is 0 Å². The van der Waals surface area contributed by atoms with Crippen molar-refractivity contribution in [3.8, 4) is 0 Å². The Morgan fingerprint density at radius 2 is 2.14 bits per heavy atom. The largest absolute Gasteiger partial charge is 0.271 e. The van der Waals surface area contributed by atoms with Gasteiger partial charge in [0.1, 0.15) is 5.82 Å². The number of hydrazine groups is 1. The Kier molecular flexibility index (Phi) is 5.54. The van der Waals surface area contributed by atoms with Gasteiger partial charge in [-0.05, 0) is 34.5 Å². The van der Waals surface area contributed by atoms with E-state index in [1.807, 2.05) is 18.7 Å². The van der Waals surface area contributed by atoms with Crippen LogP contribution in [0.15, 0.2) is 27.1 Å².